The number of rotatable bonds is 4. The van der Waals surface area contributed by atoms with Crippen molar-refractivity contribution in [3.63, 3.8) is 0 Å². The summed E-state index contributed by atoms with van der Waals surface area (Å²) < 4.78 is 0. The third kappa shape index (κ3) is 4.59. The lowest BCUT2D eigenvalue weighted by atomic mass is 10.2. The highest BCUT2D eigenvalue weighted by molar-refractivity contribution is 6.33. The predicted octanol–water partition coefficient (Wildman–Crippen LogP) is 1.89. The first-order valence-corrected chi connectivity index (χ1v) is 7.65. The molecule has 0 aromatic heterocycles. The van der Waals surface area contributed by atoms with Gasteiger partial charge in [0.05, 0.1) is 17.3 Å². The van der Waals surface area contributed by atoms with Crippen LogP contribution in [0.4, 0.5) is 11.4 Å². The molecule has 1 amide bonds. The van der Waals surface area contributed by atoms with E-state index < -0.39 is 0 Å². The van der Waals surface area contributed by atoms with Gasteiger partial charge in [-0.3, -0.25) is 14.6 Å². The second-order valence-electron chi connectivity index (χ2n) is 5.69. The number of hydrogen-bond donors (Lipinski definition) is 2. The number of nitrogens with two attached hydrogens (primary N) is 1. The molecule has 1 aromatic rings. The minimum Gasteiger partial charge on any atom is -0.399 e. The Kier molecular flexibility index (Phi) is 5.45. The molecule has 6 heteroatoms. The fraction of sp³-hybridized carbons (Fsp3) is 0.533. The maximum Gasteiger partial charge on any atom is 0.238 e. The molecule has 1 saturated heterocycles. The molecule has 0 spiro atoms. The van der Waals surface area contributed by atoms with Crippen LogP contribution < -0.4 is 11.1 Å². The van der Waals surface area contributed by atoms with Crippen molar-refractivity contribution in [1.29, 1.82) is 0 Å². The first-order valence-electron chi connectivity index (χ1n) is 7.27. The molecule has 1 aliphatic heterocycles. The van der Waals surface area contributed by atoms with Crippen LogP contribution in [0.15, 0.2) is 18.2 Å². The number of carbonyl (C=O) groups excluding carboxylic acids is 1. The zero-order chi connectivity index (χ0) is 15.4. The highest BCUT2D eigenvalue weighted by atomic mass is 35.5. The van der Waals surface area contributed by atoms with Crippen LogP contribution in [0, 0.1) is 0 Å². The lowest BCUT2D eigenvalue weighted by Crippen LogP contribution is -2.50. The van der Waals surface area contributed by atoms with E-state index in [4.69, 9.17) is 17.3 Å². The average Bonchev–Trinajstić information content (AvgIpc) is 2.43. The molecule has 1 fully saturated rings. The van der Waals surface area contributed by atoms with Gasteiger partial charge >= 0.3 is 0 Å². The van der Waals surface area contributed by atoms with Crippen LogP contribution in [-0.2, 0) is 4.79 Å². The first-order chi connectivity index (χ1) is 9.95. The number of nitrogens with one attached hydrogen (secondary N) is 1. The van der Waals surface area contributed by atoms with Crippen LogP contribution in [0.5, 0.6) is 0 Å². The van der Waals surface area contributed by atoms with Gasteiger partial charge in [-0.2, -0.15) is 0 Å². The maximum absolute atomic E-state index is 12.1. The van der Waals surface area contributed by atoms with Gasteiger partial charge in [-0.1, -0.05) is 11.6 Å². The Morgan fingerprint density at radius 1 is 1.33 bits per heavy atom. The minimum absolute atomic E-state index is 0.0551. The van der Waals surface area contributed by atoms with E-state index in [9.17, 15) is 4.79 Å². The van der Waals surface area contributed by atoms with E-state index in [1.807, 2.05) is 0 Å². The molecule has 1 heterocycles. The fourth-order valence-corrected chi connectivity index (χ4v) is 2.63. The van der Waals surface area contributed by atoms with Gasteiger partial charge in [0.15, 0.2) is 0 Å². The number of carbonyl (C=O) groups is 1. The summed E-state index contributed by atoms with van der Waals surface area (Å²) in [6.07, 6.45) is 0. The van der Waals surface area contributed by atoms with Crippen LogP contribution >= 0.6 is 11.6 Å². The average molecular weight is 311 g/mol. The van der Waals surface area contributed by atoms with Crippen LogP contribution in [0.1, 0.15) is 13.8 Å². The first kappa shape index (κ1) is 16.1. The summed E-state index contributed by atoms with van der Waals surface area (Å²) in [5.41, 5.74) is 6.86. The number of nitrogens with zero attached hydrogens (tertiary/aromatic N) is 2. The number of nitrogen functional groups attached to an aromatic ring is 1. The Bertz CT molecular complexity index is 498. The lowest BCUT2D eigenvalue weighted by Gasteiger charge is -2.36. The molecule has 0 aliphatic carbocycles. The Morgan fingerprint density at radius 2 is 2.00 bits per heavy atom. The molecular formula is C15H23ClN4O. The van der Waals surface area contributed by atoms with Crippen LogP contribution in [0.3, 0.4) is 0 Å². The smallest absolute Gasteiger partial charge is 0.238 e. The summed E-state index contributed by atoms with van der Waals surface area (Å²) in [5, 5.41) is 3.33. The van der Waals surface area contributed by atoms with Gasteiger partial charge in [0.1, 0.15) is 0 Å². The van der Waals surface area contributed by atoms with Crippen molar-refractivity contribution in [3.05, 3.63) is 23.2 Å². The standard InChI is InChI=1S/C15H23ClN4O/c1-11(2)20-7-5-19(6-8-20)10-15(21)18-14-9-12(17)3-4-13(14)16/h3-4,9,11H,5-8,10,17H2,1-2H3,(H,18,21). The number of halogens is 1. The predicted molar refractivity (Wildman–Crippen MR) is 87.6 cm³/mol. The van der Waals surface area contributed by atoms with Crippen molar-refractivity contribution in [2.45, 2.75) is 19.9 Å². The van der Waals surface area contributed by atoms with Gasteiger partial charge in [-0.15, -0.1) is 0 Å². The summed E-state index contributed by atoms with van der Waals surface area (Å²) in [5.74, 6) is -0.0551. The van der Waals surface area contributed by atoms with Crippen molar-refractivity contribution in [2.75, 3.05) is 43.8 Å². The van der Waals surface area contributed by atoms with E-state index in [0.29, 0.717) is 29.0 Å². The molecule has 0 bridgehead atoms. The van der Waals surface area contributed by atoms with Gasteiger partial charge in [-0.05, 0) is 32.0 Å². The second-order valence-corrected chi connectivity index (χ2v) is 6.10. The number of piperazine rings is 1. The van der Waals surface area contributed by atoms with Crippen molar-refractivity contribution in [3.8, 4) is 0 Å². The number of benzene rings is 1. The lowest BCUT2D eigenvalue weighted by molar-refractivity contribution is -0.117. The van der Waals surface area contributed by atoms with Gasteiger partial charge in [0.2, 0.25) is 5.91 Å². The molecule has 0 atom stereocenters. The molecular weight excluding hydrogens is 288 g/mol. The molecule has 21 heavy (non-hydrogen) atoms. The van der Waals surface area contributed by atoms with E-state index in [1.165, 1.54) is 0 Å². The minimum atomic E-state index is -0.0551. The van der Waals surface area contributed by atoms with E-state index in [1.54, 1.807) is 18.2 Å². The largest absolute Gasteiger partial charge is 0.399 e. The van der Waals surface area contributed by atoms with E-state index >= 15 is 0 Å². The third-order valence-electron chi connectivity index (χ3n) is 3.77. The number of anilines is 2. The van der Waals surface area contributed by atoms with Gasteiger partial charge in [0, 0.05) is 37.9 Å². The molecule has 116 valence electrons. The van der Waals surface area contributed by atoms with Crippen LogP contribution in [0.25, 0.3) is 0 Å². The van der Waals surface area contributed by atoms with E-state index in [0.717, 1.165) is 26.2 Å². The SMILES string of the molecule is CC(C)N1CCN(CC(=O)Nc2cc(N)ccc2Cl)CC1. The Hall–Kier alpha value is -1.30. The van der Waals surface area contributed by atoms with E-state index in [-0.39, 0.29) is 5.91 Å². The Labute approximate surface area is 131 Å². The number of amides is 1. The third-order valence-corrected chi connectivity index (χ3v) is 4.10. The highest BCUT2D eigenvalue weighted by Crippen LogP contribution is 2.24. The Morgan fingerprint density at radius 3 is 2.62 bits per heavy atom. The molecule has 1 aliphatic rings. The second kappa shape index (κ2) is 7.11. The summed E-state index contributed by atoms with van der Waals surface area (Å²) in [6, 6.07) is 5.64. The molecule has 3 N–H and O–H groups in total. The zero-order valence-electron chi connectivity index (χ0n) is 12.6. The topological polar surface area (TPSA) is 61.6 Å². The van der Waals surface area contributed by atoms with E-state index in [2.05, 4.69) is 29.0 Å². The van der Waals surface area contributed by atoms with Crippen molar-refractivity contribution < 1.29 is 4.79 Å². The molecule has 0 unspecified atom stereocenters. The fourth-order valence-electron chi connectivity index (χ4n) is 2.47. The van der Waals surface area contributed by atoms with Gasteiger partial charge < -0.3 is 11.1 Å². The summed E-state index contributed by atoms with van der Waals surface area (Å²) in [4.78, 5) is 16.7. The van der Waals surface area contributed by atoms with Crippen LogP contribution in [-0.4, -0.2) is 54.5 Å². The van der Waals surface area contributed by atoms with Crippen LogP contribution in [0.2, 0.25) is 5.02 Å². The normalized spacial score (nSPS) is 17.1. The Balaban J connectivity index is 1.84. The maximum atomic E-state index is 12.1. The quantitative estimate of drug-likeness (QED) is 0.834. The summed E-state index contributed by atoms with van der Waals surface area (Å²) in [7, 11) is 0. The molecule has 0 radical (unpaired) electrons. The molecule has 0 saturated carbocycles. The highest BCUT2D eigenvalue weighted by Gasteiger charge is 2.20. The van der Waals surface area contributed by atoms with Gasteiger partial charge in [-0.25, -0.2) is 0 Å². The summed E-state index contributed by atoms with van der Waals surface area (Å²) in [6.45, 7) is 8.62. The molecule has 1 aromatic carbocycles. The zero-order valence-corrected chi connectivity index (χ0v) is 13.4. The van der Waals surface area contributed by atoms with Crippen molar-refractivity contribution in [1.82, 2.24) is 9.80 Å². The van der Waals surface area contributed by atoms with Crippen molar-refractivity contribution >= 4 is 28.9 Å². The van der Waals surface area contributed by atoms with Crippen molar-refractivity contribution in [2.24, 2.45) is 0 Å². The molecule has 2 rings (SSSR count). The number of hydrogen-bond acceptors (Lipinski definition) is 4. The summed E-state index contributed by atoms with van der Waals surface area (Å²) >= 11 is 6.05. The molecule has 5 nitrogen and oxygen atoms in total. The monoisotopic (exact) mass is 310 g/mol. The van der Waals surface area contributed by atoms with Gasteiger partial charge in [0.25, 0.3) is 0 Å².